The molecule has 0 radical (unpaired) electrons. The summed E-state index contributed by atoms with van der Waals surface area (Å²) in [5.41, 5.74) is 3.30. The molecule has 3 rings (SSSR count). The molecule has 1 N–H and O–H groups in total. The molecule has 0 atom stereocenters. The summed E-state index contributed by atoms with van der Waals surface area (Å²) >= 11 is 0. The first-order valence-corrected chi connectivity index (χ1v) is 8.11. The van der Waals surface area contributed by atoms with Crippen molar-refractivity contribution in [3.63, 3.8) is 0 Å². The zero-order chi connectivity index (χ0) is 16.1. The number of nitrogens with zero attached hydrogens (tertiary/aromatic N) is 4. The van der Waals surface area contributed by atoms with Crippen LogP contribution in [0.3, 0.4) is 0 Å². The van der Waals surface area contributed by atoms with E-state index in [0.717, 1.165) is 50.4 Å². The van der Waals surface area contributed by atoms with Gasteiger partial charge in [0.25, 0.3) is 0 Å². The fourth-order valence-electron chi connectivity index (χ4n) is 2.83. The summed E-state index contributed by atoms with van der Waals surface area (Å²) in [6.45, 7) is 6.50. The SMILES string of the molecule is Cc1ccc(CC(=O)N2CCN(CCc3cn[nH]n3)CC2)cc1. The van der Waals surface area contributed by atoms with E-state index in [1.54, 1.807) is 6.20 Å². The minimum atomic E-state index is 0.227. The molecule has 1 aromatic carbocycles. The summed E-state index contributed by atoms with van der Waals surface area (Å²) in [6.07, 6.45) is 3.16. The largest absolute Gasteiger partial charge is 0.340 e. The van der Waals surface area contributed by atoms with Crippen molar-refractivity contribution >= 4 is 5.91 Å². The van der Waals surface area contributed by atoms with E-state index in [4.69, 9.17) is 0 Å². The average molecular weight is 313 g/mol. The van der Waals surface area contributed by atoms with Crippen molar-refractivity contribution in [1.82, 2.24) is 25.2 Å². The molecule has 2 aromatic rings. The highest BCUT2D eigenvalue weighted by Crippen LogP contribution is 2.09. The van der Waals surface area contributed by atoms with Crippen LogP contribution in [-0.2, 0) is 17.6 Å². The van der Waals surface area contributed by atoms with E-state index < -0.39 is 0 Å². The van der Waals surface area contributed by atoms with Crippen LogP contribution in [0.5, 0.6) is 0 Å². The van der Waals surface area contributed by atoms with Crippen LogP contribution in [0.2, 0.25) is 0 Å². The maximum atomic E-state index is 12.4. The maximum absolute atomic E-state index is 12.4. The number of carbonyl (C=O) groups is 1. The molecule has 1 aliphatic heterocycles. The normalized spacial score (nSPS) is 15.8. The molecule has 0 bridgehead atoms. The van der Waals surface area contributed by atoms with Gasteiger partial charge in [0.05, 0.1) is 18.3 Å². The topological polar surface area (TPSA) is 65.1 Å². The second-order valence-electron chi connectivity index (χ2n) is 6.10. The lowest BCUT2D eigenvalue weighted by Crippen LogP contribution is -2.49. The van der Waals surface area contributed by atoms with Crippen molar-refractivity contribution in [2.45, 2.75) is 19.8 Å². The van der Waals surface area contributed by atoms with Crippen molar-refractivity contribution in [2.75, 3.05) is 32.7 Å². The Labute approximate surface area is 136 Å². The van der Waals surface area contributed by atoms with Gasteiger partial charge in [-0.05, 0) is 12.5 Å². The van der Waals surface area contributed by atoms with Crippen LogP contribution in [0.15, 0.2) is 30.5 Å². The first-order valence-electron chi connectivity index (χ1n) is 8.11. The number of rotatable bonds is 5. The lowest BCUT2D eigenvalue weighted by molar-refractivity contribution is -0.132. The fraction of sp³-hybridized carbons (Fsp3) is 0.471. The van der Waals surface area contributed by atoms with Crippen molar-refractivity contribution < 1.29 is 4.79 Å². The quantitative estimate of drug-likeness (QED) is 0.896. The lowest BCUT2D eigenvalue weighted by Gasteiger charge is -2.34. The lowest BCUT2D eigenvalue weighted by atomic mass is 10.1. The van der Waals surface area contributed by atoms with Gasteiger partial charge in [-0.1, -0.05) is 29.8 Å². The van der Waals surface area contributed by atoms with Crippen LogP contribution >= 0.6 is 0 Å². The Bertz CT molecular complexity index is 615. The molecule has 1 aromatic heterocycles. The molecule has 1 amide bonds. The van der Waals surface area contributed by atoms with Crippen LogP contribution in [0.25, 0.3) is 0 Å². The van der Waals surface area contributed by atoms with Crippen LogP contribution in [0.1, 0.15) is 16.8 Å². The predicted octanol–water partition coefficient (Wildman–Crippen LogP) is 1.04. The van der Waals surface area contributed by atoms with Gasteiger partial charge >= 0.3 is 0 Å². The van der Waals surface area contributed by atoms with E-state index in [2.05, 4.69) is 39.4 Å². The third-order valence-corrected chi connectivity index (χ3v) is 4.35. The standard InChI is InChI=1S/C17H23N5O/c1-14-2-4-15(5-3-14)12-17(23)22-10-8-21(9-11-22)7-6-16-13-18-20-19-16/h2-5,13H,6-12H2,1H3,(H,18,19,20). The zero-order valence-electron chi connectivity index (χ0n) is 13.5. The minimum absolute atomic E-state index is 0.227. The highest BCUT2D eigenvalue weighted by Gasteiger charge is 2.21. The van der Waals surface area contributed by atoms with Gasteiger partial charge in [0.2, 0.25) is 5.91 Å². The second kappa shape index (κ2) is 7.37. The van der Waals surface area contributed by atoms with E-state index in [1.165, 1.54) is 5.56 Å². The molecule has 6 heteroatoms. The Balaban J connectivity index is 1.42. The van der Waals surface area contributed by atoms with Gasteiger partial charge in [0, 0.05) is 39.1 Å². The zero-order valence-corrected chi connectivity index (χ0v) is 13.5. The van der Waals surface area contributed by atoms with Crippen molar-refractivity contribution in [3.8, 4) is 0 Å². The van der Waals surface area contributed by atoms with Gasteiger partial charge in [0.1, 0.15) is 0 Å². The number of amides is 1. The van der Waals surface area contributed by atoms with Gasteiger partial charge in [0.15, 0.2) is 0 Å². The summed E-state index contributed by atoms with van der Waals surface area (Å²) < 4.78 is 0. The number of piperazine rings is 1. The molecular formula is C17H23N5O. The summed E-state index contributed by atoms with van der Waals surface area (Å²) in [7, 11) is 0. The number of aromatic nitrogens is 3. The molecule has 0 aliphatic carbocycles. The van der Waals surface area contributed by atoms with Crippen molar-refractivity contribution in [1.29, 1.82) is 0 Å². The first kappa shape index (κ1) is 15.7. The number of aryl methyl sites for hydroxylation is 1. The fourth-order valence-corrected chi connectivity index (χ4v) is 2.83. The number of H-pyrrole nitrogens is 1. The average Bonchev–Trinajstić information content (AvgIpc) is 3.09. The van der Waals surface area contributed by atoms with Crippen LogP contribution in [0.4, 0.5) is 0 Å². The number of carbonyl (C=O) groups excluding carboxylic acids is 1. The summed E-state index contributed by atoms with van der Waals surface area (Å²) in [6, 6.07) is 8.21. The molecule has 0 unspecified atom stereocenters. The first-order chi connectivity index (χ1) is 11.2. The molecule has 0 spiro atoms. The van der Waals surface area contributed by atoms with E-state index >= 15 is 0 Å². The summed E-state index contributed by atoms with van der Waals surface area (Å²) in [5, 5.41) is 10.5. The van der Waals surface area contributed by atoms with Crippen molar-refractivity contribution in [3.05, 3.63) is 47.3 Å². The molecule has 23 heavy (non-hydrogen) atoms. The Morgan fingerprint density at radius 1 is 1.17 bits per heavy atom. The smallest absolute Gasteiger partial charge is 0.227 e. The van der Waals surface area contributed by atoms with Crippen molar-refractivity contribution in [2.24, 2.45) is 0 Å². The van der Waals surface area contributed by atoms with Gasteiger partial charge in [-0.15, -0.1) is 0 Å². The van der Waals surface area contributed by atoms with E-state index in [-0.39, 0.29) is 5.91 Å². The number of hydrogen-bond donors (Lipinski definition) is 1. The maximum Gasteiger partial charge on any atom is 0.227 e. The second-order valence-corrected chi connectivity index (χ2v) is 6.10. The van der Waals surface area contributed by atoms with Crippen LogP contribution in [-0.4, -0.2) is 63.8 Å². The molecular weight excluding hydrogens is 290 g/mol. The molecule has 1 aliphatic rings. The van der Waals surface area contributed by atoms with Gasteiger partial charge in [-0.2, -0.15) is 15.4 Å². The van der Waals surface area contributed by atoms with Crippen LogP contribution < -0.4 is 0 Å². The Morgan fingerprint density at radius 2 is 1.91 bits per heavy atom. The Kier molecular flexibility index (Phi) is 5.02. The number of benzene rings is 1. The third kappa shape index (κ3) is 4.39. The summed E-state index contributed by atoms with van der Waals surface area (Å²) in [5.74, 6) is 0.227. The highest BCUT2D eigenvalue weighted by atomic mass is 16.2. The minimum Gasteiger partial charge on any atom is -0.340 e. The Morgan fingerprint density at radius 3 is 2.57 bits per heavy atom. The molecule has 122 valence electrons. The third-order valence-electron chi connectivity index (χ3n) is 4.35. The van der Waals surface area contributed by atoms with E-state index in [9.17, 15) is 4.79 Å². The summed E-state index contributed by atoms with van der Waals surface area (Å²) in [4.78, 5) is 16.7. The van der Waals surface area contributed by atoms with Gasteiger partial charge in [-0.25, -0.2) is 0 Å². The monoisotopic (exact) mass is 313 g/mol. The Hall–Kier alpha value is -2.21. The van der Waals surface area contributed by atoms with E-state index in [0.29, 0.717) is 6.42 Å². The number of aromatic amines is 1. The van der Waals surface area contributed by atoms with Gasteiger partial charge in [-0.3, -0.25) is 9.69 Å². The van der Waals surface area contributed by atoms with Gasteiger partial charge < -0.3 is 4.90 Å². The molecule has 6 nitrogen and oxygen atoms in total. The van der Waals surface area contributed by atoms with E-state index in [1.807, 2.05) is 17.0 Å². The number of nitrogens with one attached hydrogen (secondary N) is 1. The highest BCUT2D eigenvalue weighted by molar-refractivity contribution is 5.78. The molecule has 2 heterocycles. The molecule has 1 fully saturated rings. The predicted molar refractivity (Wildman–Crippen MR) is 88.0 cm³/mol. The molecule has 1 saturated heterocycles. The number of hydrogen-bond acceptors (Lipinski definition) is 4. The molecule has 0 saturated carbocycles. The van der Waals surface area contributed by atoms with Crippen LogP contribution in [0, 0.1) is 6.92 Å².